The lowest BCUT2D eigenvalue weighted by Gasteiger charge is -2.06. The minimum atomic E-state index is 0.682. The topological polar surface area (TPSA) is 37.8 Å². The maximum Gasteiger partial charge on any atom is 0.175 e. The molecule has 78 valence electrons. The lowest BCUT2D eigenvalue weighted by atomic mass is 10.3. The van der Waals surface area contributed by atoms with Gasteiger partial charge in [0.2, 0.25) is 0 Å². The van der Waals surface area contributed by atoms with Crippen LogP contribution in [0.1, 0.15) is 12.8 Å². The minimum Gasteiger partial charge on any atom is -0.313 e. The molecule has 0 aliphatic carbocycles. The molecule has 6 heteroatoms. The third kappa shape index (κ3) is 2.85. The summed E-state index contributed by atoms with van der Waals surface area (Å²) < 4.78 is 2.16. The third-order valence-electron chi connectivity index (χ3n) is 2.13. The summed E-state index contributed by atoms with van der Waals surface area (Å²) in [7, 11) is 0. The fourth-order valence-corrected chi connectivity index (χ4v) is 3.98. The van der Waals surface area contributed by atoms with Crippen molar-refractivity contribution < 1.29 is 0 Å². The van der Waals surface area contributed by atoms with E-state index in [1.54, 1.807) is 23.1 Å². The van der Waals surface area contributed by atoms with Crippen molar-refractivity contribution in [2.75, 3.05) is 18.6 Å². The molecule has 1 aliphatic rings. The van der Waals surface area contributed by atoms with Crippen LogP contribution in [0.15, 0.2) is 8.68 Å². The summed E-state index contributed by atoms with van der Waals surface area (Å²) in [6.45, 7) is 1.18. The normalized spacial score (nSPS) is 21.6. The average Bonchev–Trinajstić information content (AvgIpc) is 2.86. The molecule has 0 amide bonds. The number of aromatic nitrogens is 2. The fourth-order valence-electron chi connectivity index (χ4n) is 1.41. The van der Waals surface area contributed by atoms with Gasteiger partial charge in [0.05, 0.1) is 0 Å². The molecule has 1 fully saturated rings. The summed E-state index contributed by atoms with van der Waals surface area (Å²) in [5, 5.41) is 11.7. The minimum absolute atomic E-state index is 0.682. The monoisotopic (exact) mass is 247 g/mol. The number of rotatable bonds is 4. The highest BCUT2D eigenvalue weighted by Gasteiger charge is 2.15. The quantitative estimate of drug-likeness (QED) is 0.825. The van der Waals surface area contributed by atoms with Crippen molar-refractivity contribution in [1.29, 1.82) is 0 Å². The second-order valence-corrected chi connectivity index (χ2v) is 6.44. The molecule has 1 N–H and O–H groups in total. The molecule has 0 unspecified atom stereocenters. The largest absolute Gasteiger partial charge is 0.313 e. The Morgan fingerprint density at radius 2 is 2.36 bits per heavy atom. The first-order chi connectivity index (χ1) is 6.88. The number of thioether (sulfide) groups is 2. The van der Waals surface area contributed by atoms with Crippen molar-refractivity contribution in [3.8, 4) is 0 Å². The predicted molar refractivity (Wildman–Crippen MR) is 63.4 cm³/mol. The Kier molecular flexibility index (Phi) is 4.10. The molecule has 0 radical (unpaired) electrons. The summed E-state index contributed by atoms with van der Waals surface area (Å²) >= 11 is 5.18. The van der Waals surface area contributed by atoms with Gasteiger partial charge in [-0.3, -0.25) is 0 Å². The summed E-state index contributed by atoms with van der Waals surface area (Å²) in [5.74, 6) is 1.13. The van der Waals surface area contributed by atoms with Crippen molar-refractivity contribution in [2.24, 2.45) is 0 Å². The molecule has 2 rings (SSSR count). The zero-order valence-corrected chi connectivity index (χ0v) is 10.5. The van der Waals surface area contributed by atoms with E-state index in [9.17, 15) is 0 Å². The summed E-state index contributed by atoms with van der Waals surface area (Å²) in [4.78, 5) is 0. The molecular formula is C8H13N3S3. The van der Waals surface area contributed by atoms with Crippen LogP contribution in [0.3, 0.4) is 0 Å². The second kappa shape index (κ2) is 5.34. The van der Waals surface area contributed by atoms with E-state index in [1.807, 2.05) is 18.0 Å². The van der Waals surface area contributed by atoms with Crippen LogP contribution in [0.2, 0.25) is 0 Å². The van der Waals surface area contributed by atoms with Gasteiger partial charge < -0.3 is 5.32 Å². The number of nitrogens with one attached hydrogen (secondary N) is 1. The molecule has 0 saturated carbocycles. The van der Waals surface area contributed by atoms with E-state index in [2.05, 4.69) is 15.5 Å². The summed E-state index contributed by atoms with van der Waals surface area (Å²) in [5.41, 5.74) is 0. The Balaban J connectivity index is 1.79. The third-order valence-corrected chi connectivity index (χ3v) is 5.33. The van der Waals surface area contributed by atoms with Crippen LogP contribution in [0.4, 0.5) is 0 Å². The Morgan fingerprint density at radius 3 is 3.00 bits per heavy atom. The molecule has 0 spiro atoms. The average molecular weight is 247 g/mol. The number of hydrogen-bond donors (Lipinski definition) is 1. The van der Waals surface area contributed by atoms with E-state index in [0.717, 1.165) is 14.4 Å². The van der Waals surface area contributed by atoms with Crippen LogP contribution in [-0.2, 0) is 0 Å². The lowest BCUT2D eigenvalue weighted by molar-refractivity contribution is 0.674. The van der Waals surface area contributed by atoms with E-state index < -0.39 is 0 Å². The predicted octanol–water partition coefficient (Wildman–Crippen LogP) is 2.10. The van der Waals surface area contributed by atoms with Gasteiger partial charge in [0.15, 0.2) is 8.68 Å². The number of nitrogens with zero attached hydrogens (tertiary/aromatic N) is 2. The zero-order chi connectivity index (χ0) is 9.80. The lowest BCUT2D eigenvalue weighted by Crippen LogP contribution is -2.23. The molecule has 0 bridgehead atoms. The van der Waals surface area contributed by atoms with Gasteiger partial charge in [-0.1, -0.05) is 34.9 Å². The highest BCUT2D eigenvalue weighted by Crippen LogP contribution is 2.28. The molecule has 1 aromatic heterocycles. The summed E-state index contributed by atoms with van der Waals surface area (Å²) in [6.07, 6.45) is 4.66. The SMILES string of the molecule is CSc1nnc(SC[C@@H]2CCCN2)s1. The molecule has 1 aromatic rings. The van der Waals surface area contributed by atoms with E-state index in [0.29, 0.717) is 6.04 Å². The van der Waals surface area contributed by atoms with Crippen molar-refractivity contribution in [3.63, 3.8) is 0 Å². The summed E-state index contributed by atoms with van der Waals surface area (Å²) in [6, 6.07) is 0.682. The highest BCUT2D eigenvalue weighted by molar-refractivity contribution is 8.03. The standard InChI is InChI=1S/C8H13N3S3/c1-12-7-10-11-8(14-7)13-5-6-3-2-4-9-6/h6,9H,2-5H2,1H3/t6-/m0/s1. The van der Waals surface area contributed by atoms with Crippen LogP contribution in [-0.4, -0.2) is 34.8 Å². The van der Waals surface area contributed by atoms with Gasteiger partial charge in [-0.2, -0.15) is 0 Å². The van der Waals surface area contributed by atoms with Gasteiger partial charge in [0.25, 0.3) is 0 Å². The Hall–Kier alpha value is 0.220. The molecule has 3 nitrogen and oxygen atoms in total. The maximum absolute atomic E-state index is 4.13. The fraction of sp³-hybridized carbons (Fsp3) is 0.750. The van der Waals surface area contributed by atoms with Gasteiger partial charge >= 0.3 is 0 Å². The van der Waals surface area contributed by atoms with Crippen LogP contribution in [0.5, 0.6) is 0 Å². The molecule has 1 aliphatic heterocycles. The van der Waals surface area contributed by atoms with Crippen molar-refractivity contribution in [2.45, 2.75) is 27.6 Å². The molecular weight excluding hydrogens is 234 g/mol. The Labute approximate surface area is 96.5 Å². The van der Waals surface area contributed by atoms with Crippen molar-refractivity contribution >= 4 is 34.9 Å². The van der Waals surface area contributed by atoms with Gasteiger partial charge in [-0.25, -0.2) is 0 Å². The highest BCUT2D eigenvalue weighted by atomic mass is 32.2. The smallest absolute Gasteiger partial charge is 0.175 e. The first-order valence-electron chi connectivity index (χ1n) is 4.62. The maximum atomic E-state index is 4.13. The van der Waals surface area contributed by atoms with Crippen LogP contribution in [0.25, 0.3) is 0 Å². The zero-order valence-electron chi connectivity index (χ0n) is 8.02. The Morgan fingerprint density at radius 1 is 1.50 bits per heavy atom. The van der Waals surface area contributed by atoms with Gasteiger partial charge in [-0.05, 0) is 25.6 Å². The van der Waals surface area contributed by atoms with E-state index in [1.165, 1.54) is 19.4 Å². The molecule has 2 heterocycles. The molecule has 1 saturated heterocycles. The van der Waals surface area contributed by atoms with E-state index in [-0.39, 0.29) is 0 Å². The Bertz CT molecular complexity index is 283. The number of hydrogen-bond acceptors (Lipinski definition) is 6. The molecule has 14 heavy (non-hydrogen) atoms. The van der Waals surface area contributed by atoms with Crippen LogP contribution in [0, 0.1) is 0 Å². The van der Waals surface area contributed by atoms with Crippen molar-refractivity contribution in [3.05, 3.63) is 0 Å². The molecule has 1 atom stereocenters. The second-order valence-electron chi connectivity index (χ2n) is 3.14. The van der Waals surface area contributed by atoms with E-state index >= 15 is 0 Å². The van der Waals surface area contributed by atoms with Gasteiger partial charge in [0.1, 0.15) is 0 Å². The molecule has 0 aromatic carbocycles. The van der Waals surface area contributed by atoms with Gasteiger partial charge in [-0.15, -0.1) is 10.2 Å². The van der Waals surface area contributed by atoms with E-state index in [4.69, 9.17) is 0 Å². The van der Waals surface area contributed by atoms with Crippen LogP contribution < -0.4 is 5.32 Å². The van der Waals surface area contributed by atoms with Crippen molar-refractivity contribution in [1.82, 2.24) is 15.5 Å². The first kappa shape index (κ1) is 10.7. The van der Waals surface area contributed by atoms with Gasteiger partial charge in [0, 0.05) is 11.8 Å². The first-order valence-corrected chi connectivity index (χ1v) is 7.65. The van der Waals surface area contributed by atoms with Crippen LogP contribution >= 0.6 is 34.9 Å².